The standard InChI is InChI=1S/C7H10O2/c1-2-7(9)3-6(4-7)5-8/h1,6,8-9H,3-5H2. The van der Waals surface area contributed by atoms with Crippen LogP contribution in [0.1, 0.15) is 12.8 Å². The average Bonchev–Trinajstić information content (AvgIpc) is 1.81. The molecule has 0 aromatic rings. The second-order valence-corrected chi connectivity index (χ2v) is 2.63. The Morgan fingerprint density at radius 2 is 2.22 bits per heavy atom. The van der Waals surface area contributed by atoms with Crippen molar-refractivity contribution in [1.82, 2.24) is 0 Å². The quantitative estimate of drug-likeness (QED) is 0.476. The molecule has 0 saturated heterocycles. The molecule has 50 valence electrons. The summed E-state index contributed by atoms with van der Waals surface area (Å²) in [6, 6.07) is 0. The van der Waals surface area contributed by atoms with Crippen LogP contribution < -0.4 is 0 Å². The van der Waals surface area contributed by atoms with Gasteiger partial charge in [0.25, 0.3) is 0 Å². The number of hydrogen-bond acceptors (Lipinski definition) is 2. The first-order valence-corrected chi connectivity index (χ1v) is 3.01. The van der Waals surface area contributed by atoms with Gasteiger partial charge in [-0.3, -0.25) is 0 Å². The van der Waals surface area contributed by atoms with Crippen LogP contribution in [-0.2, 0) is 0 Å². The van der Waals surface area contributed by atoms with Crippen molar-refractivity contribution in [3.8, 4) is 12.3 Å². The SMILES string of the molecule is C#CC1(O)CC(CO)C1. The van der Waals surface area contributed by atoms with Crippen molar-refractivity contribution in [2.75, 3.05) is 6.61 Å². The highest BCUT2D eigenvalue weighted by Gasteiger charge is 2.40. The first-order chi connectivity index (χ1) is 4.20. The van der Waals surface area contributed by atoms with Gasteiger partial charge in [-0.05, 0) is 18.8 Å². The molecule has 1 aliphatic carbocycles. The summed E-state index contributed by atoms with van der Waals surface area (Å²) in [6.07, 6.45) is 6.11. The smallest absolute Gasteiger partial charge is 0.125 e. The number of aliphatic hydroxyl groups excluding tert-OH is 1. The summed E-state index contributed by atoms with van der Waals surface area (Å²) in [7, 11) is 0. The zero-order valence-corrected chi connectivity index (χ0v) is 5.17. The molecule has 0 bridgehead atoms. The molecule has 1 fully saturated rings. The van der Waals surface area contributed by atoms with Gasteiger partial charge in [0.1, 0.15) is 5.60 Å². The summed E-state index contributed by atoms with van der Waals surface area (Å²) in [6.45, 7) is 0.143. The Kier molecular flexibility index (Phi) is 1.48. The van der Waals surface area contributed by atoms with Gasteiger partial charge in [-0.25, -0.2) is 0 Å². The second-order valence-electron chi connectivity index (χ2n) is 2.63. The van der Waals surface area contributed by atoms with Crippen LogP contribution in [0, 0.1) is 18.3 Å². The Hall–Kier alpha value is -0.520. The van der Waals surface area contributed by atoms with Crippen LogP contribution >= 0.6 is 0 Å². The van der Waals surface area contributed by atoms with Gasteiger partial charge in [-0.1, -0.05) is 5.92 Å². The molecule has 0 atom stereocenters. The third-order valence-corrected chi connectivity index (χ3v) is 1.78. The molecule has 0 unspecified atom stereocenters. The molecule has 0 aromatic carbocycles. The van der Waals surface area contributed by atoms with E-state index in [-0.39, 0.29) is 12.5 Å². The molecule has 0 radical (unpaired) electrons. The van der Waals surface area contributed by atoms with E-state index in [1.165, 1.54) is 0 Å². The zero-order chi connectivity index (χ0) is 6.91. The highest BCUT2D eigenvalue weighted by Crippen LogP contribution is 2.36. The molecule has 0 heterocycles. The first-order valence-electron chi connectivity index (χ1n) is 3.01. The van der Waals surface area contributed by atoms with Crippen molar-refractivity contribution in [1.29, 1.82) is 0 Å². The van der Waals surface area contributed by atoms with Crippen molar-refractivity contribution >= 4 is 0 Å². The third kappa shape index (κ3) is 1.07. The largest absolute Gasteiger partial charge is 0.396 e. The zero-order valence-electron chi connectivity index (χ0n) is 5.17. The van der Waals surface area contributed by atoms with Gasteiger partial charge in [0, 0.05) is 6.61 Å². The summed E-state index contributed by atoms with van der Waals surface area (Å²) >= 11 is 0. The molecular formula is C7H10O2. The van der Waals surface area contributed by atoms with Gasteiger partial charge in [0.2, 0.25) is 0 Å². The molecule has 2 N–H and O–H groups in total. The molecule has 0 aromatic heterocycles. The van der Waals surface area contributed by atoms with Gasteiger partial charge >= 0.3 is 0 Å². The van der Waals surface area contributed by atoms with Crippen LogP contribution in [0.25, 0.3) is 0 Å². The maximum atomic E-state index is 9.17. The van der Waals surface area contributed by atoms with Gasteiger partial charge < -0.3 is 10.2 Å². The summed E-state index contributed by atoms with van der Waals surface area (Å²) < 4.78 is 0. The maximum Gasteiger partial charge on any atom is 0.125 e. The van der Waals surface area contributed by atoms with E-state index in [0.717, 1.165) is 0 Å². The normalized spacial score (nSPS) is 41.2. The molecule has 1 saturated carbocycles. The molecule has 1 rings (SSSR count). The fourth-order valence-electron chi connectivity index (χ4n) is 1.14. The van der Waals surface area contributed by atoms with E-state index in [1.54, 1.807) is 0 Å². The molecule has 2 heteroatoms. The fraction of sp³-hybridized carbons (Fsp3) is 0.714. The van der Waals surface area contributed by atoms with Crippen molar-refractivity contribution in [2.45, 2.75) is 18.4 Å². The molecule has 0 spiro atoms. The Balaban J connectivity index is 2.35. The highest BCUT2D eigenvalue weighted by atomic mass is 16.3. The van der Waals surface area contributed by atoms with E-state index in [0.29, 0.717) is 12.8 Å². The van der Waals surface area contributed by atoms with Crippen LogP contribution in [0.4, 0.5) is 0 Å². The topological polar surface area (TPSA) is 40.5 Å². The molecule has 0 amide bonds. The van der Waals surface area contributed by atoms with Crippen molar-refractivity contribution < 1.29 is 10.2 Å². The second kappa shape index (κ2) is 2.02. The van der Waals surface area contributed by atoms with Gasteiger partial charge in [-0.2, -0.15) is 0 Å². The molecule has 1 aliphatic rings. The molecule has 2 nitrogen and oxygen atoms in total. The minimum absolute atomic E-state index is 0.143. The Morgan fingerprint density at radius 1 is 1.67 bits per heavy atom. The molecule has 0 aliphatic heterocycles. The van der Waals surface area contributed by atoms with E-state index < -0.39 is 5.60 Å². The number of aliphatic hydroxyl groups is 2. The van der Waals surface area contributed by atoms with E-state index in [4.69, 9.17) is 11.5 Å². The van der Waals surface area contributed by atoms with Crippen molar-refractivity contribution in [3.63, 3.8) is 0 Å². The van der Waals surface area contributed by atoms with Crippen LogP contribution in [0.15, 0.2) is 0 Å². The lowest BCUT2D eigenvalue weighted by atomic mass is 9.72. The average molecular weight is 126 g/mol. The first kappa shape index (κ1) is 6.60. The Labute approximate surface area is 54.5 Å². The van der Waals surface area contributed by atoms with E-state index in [9.17, 15) is 5.11 Å². The molecule has 9 heavy (non-hydrogen) atoms. The minimum Gasteiger partial charge on any atom is -0.396 e. The Bertz CT molecular complexity index is 139. The predicted octanol–water partition coefficient (Wildman–Crippen LogP) is -0.247. The summed E-state index contributed by atoms with van der Waals surface area (Å²) in [4.78, 5) is 0. The Morgan fingerprint density at radius 3 is 2.56 bits per heavy atom. The van der Waals surface area contributed by atoms with Gasteiger partial charge in [0.05, 0.1) is 0 Å². The van der Waals surface area contributed by atoms with Crippen molar-refractivity contribution in [3.05, 3.63) is 0 Å². The minimum atomic E-state index is -0.895. The van der Waals surface area contributed by atoms with Crippen molar-refractivity contribution in [2.24, 2.45) is 5.92 Å². The lowest BCUT2D eigenvalue weighted by molar-refractivity contribution is -0.0408. The number of rotatable bonds is 1. The summed E-state index contributed by atoms with van der Waals surface area (Å²) in [5.74, 6) is 2.51. The lowest BCUT2D eigenvalue weighted by Gasteiger charge is -2.38. The fourth-order valence-corrected chi connectivity index (χ4v) is 1.14. The van der Waals surface area contributed by atoms with Gasteiger partial charge in [0.15, 0.2) is 0 Å². The van der Waals surface area contributed by atoms with Crippen LogP contribution in [0.5, 0.6) is 0 Å². The summed E-state index contributed by atoms with van der Waals surface area (Å²) in [5, 5.41) is 17.7. The third-order valence-electron chi connectivity index (χ3n) is 1.78. The monoisotopic (exact) mass is 126 g/mol. The number of terminal acetylenes is 1. The van der Waals surface area contributed by atoms with E-state index in [1.807, 2.05) is 0 Å². The van der Waals surface area contributed by atoms with E-state index >= 15 is 0 Å². The lowest BCUT2D eigenvalue weighted by Crippen LogP contribution is -2.43. The number of hydrogen-bond donors (Lipinski definition) is 2. The predicted molar refractivity (Wildman–Crippen MR) is 33.6 cm³/mol. The maximum absolute atomic E-state index is 9.17. The van der Waals surface area contributed by atoms with E-state index in [2.05, 4.69) is 5.92 Å². The molecular weight excluding hydrogens is 116 g/mol. The highest BCUT2D eigenvalue weighted by molar-refractivity contribution is 5.14. The van der Waals surface area contributed by atoms with Crippen LogP contribution in [0.3, 0.4) is 0 Å². The van der Waals surface area contributed by atoms with Gasteiger partial charge in [-0.15, -0.1) is 6.42 Å². The summed E-state index contributed by atoms with van der Waals surface area (Å²) in [5.41, 5.74) is -0.895. The van der Waals surface area contributed by atoms with Crippen LogP contribution in [-0.4, -0.2) is 22.4 Å². The van der Waals surface area contributed by atoms with Crippen LogP contribution in [0.2, 0.25) is 0 Å².